The van der Waals surface area contributed by atoms with Gasteiger partial charge in [0, 0.05) is 25.6 Å². The molecule has 0 bridgehead atoms. The predicted octanol–water partition coefficient (Wildman–Crippen LogP) is 2.78. The Morgan fingerprint density at radius 3 is 2.26 bits per heavy atom. The molecule has 0 amide bonds. The molecule has 0 aromatic carbocycles. The van der Waals surface area contributed by atoms with Crippen molar-refractivity contribution in [3.05, 3.63) is 11.4 Å². The number of aryl methyl sites for hydroxylation is 1. The Morgan fingerprint density at radius 1 is 1.21 bits per heavy atom. The van der Waals surface area contributed by atoms with Crippen LogP contribution in [0.15, 0.2) is 0 Å². The van der Waals surface area contributed by atoms with Crippen LogP contribution in [0.2, 0.25) is 0 Å². The fraction of sp³-hybridized carbons (Fsp3) is 0.667. The van der Waals surface area contributed by atoms with Gasteiger partial charge in [-0.3, -0.25) is 0 Å². The van der Waals surface area contributed by atoms with Gasteiger partial charge in [0.2, 0.25) is 0 Å². The lowest BCUT2D eigenvalue weighted by Gasteiger charge is -2.26. The lowest BCUT2D eigenvalue weighted by atomic mass is 10.2. The minimum absolute atomic E-state index is 0.240. The van der Waals surface area contributed by atoms with E-state index in [2.05, 4.69) is 15.3 Å². The fourth-order valence-corrected chi connectivity index (χ4v) is 1.81. The summed E-state index contributed by atoms with van der Waals surface area (Å²) in [6.07, 6.45) is -3.68. The van der Waals surface area contributed by atoms with Crippen LogP contribution in [0.25, 0.3) is 0 Å². The third-order valence-corrected chi connectivity index (χ3v) is 2.77. The number of nitrogens with one attached hydrogen (secondary N) is 1. The average Bonchev–Trinajstić information content (AvgIpc) is 2.35. The van der Waals surface area contributed by atoms with Crippen molar-refractivity contribution in [1.82, 2.24) is 9.97 Å². The van der Waals surface area contributed by atoms with E-state index in [1.807, 2.05) is 6.92 Å². The Labute approximate surface area is 111 Å². The molecule has 0 unspecified atom stereocenters. The lowest BCUT2D eigenvalue weighted by Crippen LogP contribution is -2.35. The maximum Gasteiger partial charge on any atom is 0.405 e. The Balaban J connectivity index is 3.22. The van der Waals surface area contributed by atoms with Gasteiger partial charge in [-0.2, -0.15) is 13.2 Å². The minimum atomic E-state index is -4.25. The van der Waals surface area contributed by atoms with Crippen LogP contribution in [-0.2, 0) is 6.42 Å². The molecule has 0 atom stereocenters. The average molecular weight is 276 g/mol. The van der Waals surface area contributed by atoms with Crippen LogP contribution in [0.4, 0.5) is 24.8 Å². The van der Waals surface area contributed by atoms with Gasteiger partial charge < -0.3 is 10.2 Å². The zero-order chi connectivity index (χ0) is 14.6. The number of alkyl halides is 3. The molecule has 1 heterocycles. The highest BCUT2D eigenvalue weighted by molar-refractivity contribution is 5.58. The topological polar surface area (TPSA) is 41.1 Å². The number of hydrogen-bond donors (Lipinski definition) is 1. The number of anilines is 2. The highest BCUT2D eigenvalue weighted by Crippen LogP contribution is 2.26. The number of halogens is 3. The molecule has 1 aromatic rings. The molecule has 1 N–H and O–H groups in total. The molecule has 108 valence electrons. The first kappa shape index (κ1) is 15.5. The van der Waals surface area contributed by atoms with E-state index in [1.54, 1.807) is 20.9 Å². The second-order valence-electron chi connectivity index (χ2n) is 4.17. The second kappa shape index (κ2) is 6.08. The number of hydrogen-bond acceptors (Lipinski definition) is 4. The first-order chi connectivity index (χ1) is 8.82. The van der Waals surface area contributed by atoms with Gasteiger partial charge in [0.1, 0.15) is 24.0 Å². The van der Waals surface area contributed by atoms with E-state index in [1.165, 1.54) is 4.90 Å². The summed E-state index contributed by atoms with van der Waals surface area (Å²) in [5, 5.41) is 2.89. The summed E-state index contributed by atoms with van der Waals surface area (Å²) in [4.78, 5) is 9.70. The van der Waals surface area contributed by atoms with Crippen LogP contribution in [0.3, 0.4) is 0 Å². The van der Waals surface area contributed by atoms with E-state index in [0.29, 0.717) is 29.4 Å². The van der Waals surface area contributed by atoms with Gasteiger partial charge in [-0.25, -0.2) is 9.97 Å². The Hall–Kier alpha value is -1.53. The van der Waals surface area contributed by atoms with Crippen molar-refractivity contribution in [3.8, 4) is 0 Å². The van der Waals surface area contributed by atoms with Gasteiger partial charge in [0.25, 0.3) is 0 Å². The summed E-state index contributed by atoms with van der Waals surface area (Å²) in [7, 11) is 1.69. The van der Waals surface area contributed by atoms with E-state index in [-0.39, 0.29) is 6.54 Å². The molecule has 0 aliphatic heterocycles. The van der Waals surface area contributed by atoms with Gasteiger partial charge in [-0.05, 0) is 13.8 Å². The highest BCUT2D eigenvalue weighted by Gasteiger charge is 2.31. The van der Waals surface area contributed by atoms with Crippen molar-refractivity contribution in [3.63, 3.8) is 0 Å². The van der Waals surface area contributed by atoms with E-state index < -0.39 is 12.7 Å². The van der Waals surface area contributed by atoms with Crippen molar-refractivity contribution in [2.24, 2.45) is 0 Å². The first-order valence-electron chi connectivity index (χ1n) is 6.19. The standard InChI is InChI=1S/C12H19F3N4/c1-5-9-17-10(16-4)8(3)11(18-9)19(6-2)7-12(13,14)15/h5-7H2,1-4H3,(H,16,17,18). The molecule has 0 aliphatic rings. The third kappa shape index (κ3) is 3.97. The van der Waals surface area contributed by atoms with Gasteiger partial charge in [-0.15, -0.1) is 0 Å². The molecule has 0 aliphatic carbocycles. The molecule has 4 nitrogen and oxygen atoms in total. The molecule has 1 aromatic heterocycles. The molecule has 7 heteroatoms. The maximum absolute atomic E-state index is 12.6. The Kier molecular flexibility index (Phi) is 4.97. The predicted molar refractivity (Wildman–Crippen MR) is 69.6 cm³/mol. The molecule has 0 radical (unpaired) electrons. The monoisotopic (exact) mass is 276 g/mol. The van der Waals surface area contributed by atoms with E-state index in [9.17, 15) is 13.2 Å². The summed E-state index contributed by atoms with van der Waals surface area (Å²) in [5.74, 6) is 1.45. The fourth-order valence-electron chi connectivity index (χ4n) is 1.81. The zero-order valence-electron chi connectivity index (χ0n) is 11.6. The van der Waals surface area contributed by atoms with Crippen LogP contribution in [-0.4, -0.2) is 36.3 Å². The van der Waals surface area contributed by atoms with Crippen molar-refractivity contribution in [2.45, 2.75) is 33.4 Å². The minimum Gasteiger partial charge on any atom is -0.373 e. The largest absolute Gasteiger partial charge is 0.405 e. The Bertz CT molecular complexity index is 432. The molecule has 0 saturated heterocycles. The summed E-state index contributed by atoms with van der Waals surface area (Å²) < 4.78 is 37.7. The van der Waals surface area contributed by atoms with Gasteiger partial charge >= 0.3 is 6.18 Å². The SMILES string of the molecule is CCc1nc(NC)c(C)c(N(CC)CC(F)(F)F)n1. The summed E-state index contributed by atoms with van der Waals surface area (Å²) >= 11 is 0. The molecule has 1 rings (SSSR count). The van der Waals surface area contributed by atoms with Crippen molar-refractivity contribution in [1.29, 1.82) is 0 Å². The Morgan fingerprint density at radius 2 is 1.84 bits per heavy atom. The molecular weight excluding hydrogens is 257 g/mol. The van der Waals surface area contributed by atoms with Crippen LogP contribution in [0, 0.1) is 6.92 Å². The van der Waals surface area contributed by atoms with Gasteiger partial charge in [0.05, 0.1) is 0 Å². The van der Waals surface area contributed by atoms with E-state index >= 15 is 0 Å². The van der Waals surface area contributed by atoms with Crippen molar-refractivity contribution >= 4 is 11.6 Å². The summed E-state index contributed by atoms with van der Waals surface area (Å²) in [6, 6.07) is 0. The van der Waals surface area contributed by atoms with Crippen LogP contribution in [0.1, 0.15) is 25.2 Å². The molecule has 0 fully saturated rings. The molecule has 19 heavy (non-hydrogen) atoms. The quantitative estimate of drug-likeness (QED) is 0.898. The number of nitrogens with zero attached hydrogens (tertiary/aromatic N) is 3. The van der Waals surface area contributed by atoms with Crippen molar-refractivity contribution in [2.75, 3.05) is 30.4 Å². The van der Waals surface area contributed by atoms with E-state index in [0.717, 1.165) is 0 Å². The maximum atomic E-state index is 12.6. The van der Waals surface area contributed by atoms with Crippen LogP contribution >= 0.6 is 0 Å². The van der Waals surface area contributed by atoms with E-state index in [4.69, 9.17) is 0 Å². The zero-order valence-corrected chi connectivity index (χ0v) is 11.6. The summed E-state index contributed by atoms with van der Waals surface area (Å²) in [5.41, 5.74) is 0.630. The van der Waals surface area contributed by atoms with Crippen LogP contribution in [0.5, 0.6) is 0 Å². The van der Waals surface area contributed by atoms with Gasteiger partial charge in [0.15, 0.2) is 0 Å². The number of rotatable bonds is 5. The second-order valence-corrected chi connectivity index (χ2v) is 4.17. The van der Waals surface area contributed by atoms with Crippen molar-refractivity contribution < 1.29 is 13.2 Å². The molecule has 0 spiro atoms. The normalized spacial score (nSPS) is 11.5. The third-order valence-electron chi connectivity index (χ3n) is 2.77. The smallest absolute Gasteiger partial charge is 0.373 e. The highest BCUT2D eigenvalue weighted by atomic mass is 19.4. The lowest BCUT2D eigenvalue weighted by molar-refractivity contribution is -0.119. The molecular formula is C12H19F3N4. The van der Waals surface area contributed by atoms with Crippen LogP contribution < -0.4 is 10.2 Å². The summed E-state index contributed by atoms with van der Waals surface area (Å²) in [6.45, 7) is 4.50. The molecule has 0 saturated carbocycles. The first-order valence-corrected chi connectivity index (χ1v) is 6.19. The van der Waals surface area contributed by atoms with Gasteiger partial charge in [-0.1, -0.05) is 6.92 Å². The number of aromatic nitrogens is 2.